The number of aliphatic imine (C=N–C) groups is 1. The van der Waals surface area contributed by atoms with E-state index in [1.807, 2.05) is 12.1 Å². The molecule has 212 valence electrons. The summed E-state index contributed by atoms with van der Waals surface area (Å²) in [7, 11) is 1.50. The number of aliphatic hydroxyl groups is 1. The molecule has 40 heavy (non-hydrogen) atoms. The zero-order valence-corrected chi connectivity index (χ0v) is 23.6. The third kappa shape index (κ3) is 4.74. The zero-order valence-electron chi connectivity index (χ0n) is 23.6. The Morgan fingerprint density at radius 3 is 2.70 bits per heavy atom. The zero-order chi connectivity index (χ0) is 28.2. The monoisotopic (exact) mass is 547 g/mol. The van der Waals surface area contributed by atoms with Crippen LogP contribution in [0.2, 0.25) is 0 Å². The number of aryl methyl sites for hydroxylation is 2. The van der Waals surface area contributed by atoms with Crippen LogP contribution in [0.25, 0.3) is 10.9 Å². The predicted molar refractivity (Wildman–Crippen MR) is 153 cm³/mol. The number of fused-ring (bicyclic) bond motifs is 3. The van der Waals surface area contributed by atoms with Gasteiger partial charge in [-0.1, -0.05) is 26.8 Å². The Balaban J connectivity index is 1.21. The number of likely N-dealkylation sites (tertiary alicyclic amines) is 1. The summed E-state index contributed by atoms with van der Waals surface area (Å²) in [4.78, 5) is 24.7. The molecule has 2 heterocycles. The van der Waals surface area contributed by atoms with Crippen LogP contribution in [0.3, 0.4) is 0 Å². The minimum atomic E-state index is -0.355. The Bertz CT molecular complexity index is 1510. The molecule has 0 amide bonds. The van der Waals surface area contributed by atoms with Gasteiger partial charge >= 0.3 is 0 Å². The topological polar surface area (TPSA) is 92.0 Å². The lowest BCUT2D eigenvalue weighted by molar-refractivity contribution is -0.112. The molecule has 2 bridgehead atoms. The van der Waals surface area contributed by atoms with Gasteiger partial charge in [-0.05, 0) is 72.3 Å². The number of rotatable bonds is 6. The molecule has 4 aliphatic rings. The average molecular weight is 548 g/mol. The lowest BCUT2D eigenvalue weighted by atomic mass is 9.45. The number of hydrogen-bond donors (Lipinski definition) is 2. The van der Waals surface area contributed by atoms with Crippen LogP contribution in [-0.4, -0.2) is 57.9 Å². The van der Waals surface area contributed by atoms with E-state index in [2.05, 4.69) is 36.0 Å². The van der Waals surface area contributed by atoms with Crippen LogP contribution in [0.4, 0.5) is 10.1 Å². The highest BCUT2D eigenvalue weighted by Crippen LogP contribution is 2.61. The van der Waals surface area contributed by atoms with E-state index >= 15 is 0 Å². The van der Waals surface area contributed by atoms with E-state index in [-0.39, 0.29) is 17.5 Å². The fourth-order valence-electron chi connectivity index (χ4n) is 6.93. The lowest BCUT2D eigenvalue weighted by Crippen LogP contribution is -2.64. The van der Waals surface area contributed by atoms with E-state index in [1.54, 1.807) is 18.2 Å². The van der Waals surface area contributed by atoms with Gasteiger partial charge in [0, 0.05) is 31.7 Å². The quantitative estimate of drug-likeness (QED) is 0.357. The molecule has 1 aromatic heterocycles. The van der Waals surface area contributed by atoms with Crippen LogP contribution >= 0.6 is 0 Å². The summed E-state index contributed by atoms with van der Waals surface area (Å²) < 4.78 is 20.9. The molecule has 2 aromatic carbocycles. The molecule has 7 rings (SSSR count). The van der Waals surface area contributed by atoms with Gasteiger partial charge in [0.1, 0.15) is 11.6 Å². The molecule has 4 fully saturated rings. The molecule has 2 N–H and O–H groups in total. The Labute approximate surface area is 233 Å². The first kappa shape index (κ1) is 26.7. The van der Waals surface area contributed by atoms with Gasteiger partial charge in [0.25, 0.3) is 5.56 Å². The van der Waals surface area contributed by atoms with Crippen molar-refractivity contribution in [2.45, 2.75) is 58.7 Å². The van der Waals surface area contributed by atoms with Crippen LogP contribution < -0.4 is 15.6 Å². The van der Waals surface area contributed by atoms with Crippen molar-refractivity contribution in [3.63, 3.8) is 0 Å². The molecule has 8 nitrogen and oxygen atoms in total. The second kappa shape index (κ2) is 10.2. The fraction of sp³-hybridized carbons (Fsp3) is 0.516. The molecule has 1 saturated heterocycles. The molecule has 0 spiro atoms. The highest BCUT2D eigenvalue weighted by atomic mass is 19.1. The Morgan fingerprint density at radius 1 is 1.23 bits per heavy atom. The van der Waals surface area contributed by atoms with Gasteiger partial charge < -0.3 is 20.1 Å². The number of halogens is 1. The normalized spacial score (nSPS) is 25.9. The van der Waals surface area contributed by atoms with E-state index < -0.39 is 0 Å². The van der Waals surface area contributed by atoms with Crippen LogP contribution in [0.15, 0.2) is 52.5 Å². The van der Waals surface area contributed by atoms with Crippen molar-refractivity contribution in [3.05, 3.63) is 64.5 Å². The third-order valence-electron chi connectivity index (χ3n) is 9.76. The highest BCUT2D eigenvalue weighted by Gasteiger charge is 2.56. The molecule has 4 atom stereocenters. The van der Waals surface area contributed by atoms with Crippen LogP contribution in [0, 0.1) is 29.0 Å². The summed E-state index contributed by atoms with van der Waals surface area (Å²) >= 11 is 0. The van der Waals surface area contributed by atoms with Crippen molar-refractivity contribution < 1.29 is 14.2 Å². The Hall–Kier alpha value is -3.46. The molecule has 3 aliphatic carbocycles. The van der Waals surface area contributed by atoms with E-state index in [9.17, 15) is 14.3 Å². The number of nitrogens with one attached hydrogen (secondary N) is 1. The second-order valence-corrected chi connectivity index (χ2v) is 12.4. The van der Waals surface area contributed by atoms with Crippen molar-refractivity contribution in [3.8, 4) is 5.75 Å². The van der Waals surface area contributed by atoms with E-state index in [0.717, 1.165) is 18.3 Å². The number of aliphatic hydroxyl groups excluding tert-OH is 1. The SMILES string of the molecule is COc1ccc(CCn2cnc3cc(N=C(N[C@H]4C[C@H]5C[C@H]([C@H]4C)C5(C)C)N4CC(O)C4)ccc3c2=O)c(F)c1. The number of nitrogens with zero attached hydrogens (tertiary/aromatic N) is 4. The molecular weight excluding hydrogens is 509 g/mol. The van der Waals surface area contributed by atoms with Gasteiger partial charge in [0.05, 0.1) is 36.1 Å². The van der Waals surface area contributed by atoms with Gasteiger partial charge in [0.2, 0.25) is 0 Å². The number of benzene rings is 2. The first-order valence-corrected chi connectivity index (χ1v) is 14.2. The first-order chi connectivity index (χ1) is 19.1. The number of β-amino-alcohol motifs (C(OH)–C–C–N with tert-alkyl or cyclic N) is 1. The standard InChI is InChI=1S/C31H38FN5O3/c1-18-25-11-20(31(25,2)3)12-27(18)35-30(37-15-22(38)16-37)34-21-6-8-24-28(13-21)33-17-36(29(24)39)10-9-19-5-7-23(40-4)14-26(19)32/h5-8,13-14,17-18,20,22,25,27,38H,9-12,15-16H2,1-4H3,(H,34,35)/t18-,20-,25-,27+/m1/s1. The average Bonchev–Trinajstić information content (AvgIpc) is 2.91. The molecule has 3 saturated carbocycles. The van der Waals surface area contributed by atoms with Gasteiger partial charge in [-0.15, -0.1) is 0 Å². The predicted octanol–water partition coefficient (Wildman–Crippen LogP) is 4.11. The summed E-state index contributed by atoms with van der Waals surface area (Å²) in [6.45, 7) is 8.55. The lowest BCUT2D eigenvalue weighted by Gasteiger charge is -2.62. The third-order valence-corrected chi connectivity index (χ3v) is 9.76. The summed E-state index contributed by atoms with van der Waals surface area (Å²) in [6, 6.07) is 10.5. The van der Waals surface area contributed by atoms with Gasteiger partial charge in [0.15, 0.2) is 5.96 Å². The van der Waals surface area contributed by atoms with Crippen LogP contribution in [0.1, 0.15) is 39.2 Å². The van der Waals surface area contributed by atoms with Gasteiger partial charge in [-0.3, -0.25) is 9.36 Å². The number of hydrogen-bond acceptors (Lipinski definition) is 5. The van der Waals surface area contributed by atoms with Gasteiger partial charge in [-0.2, -0.15) is 0 Å². The number of methoxy groups -OCH3 is 1. The minimum absolute atomic E-state index is 0.170. The minimum Gasteiger partial charge on any atom is -0.497 e. The summed E-state index contributed by atoms with van der Waals surface area (Å²) in [5.41, 5.74) is 2.02. The van der Waals surface area contributed by atoms with Crippen molar-refractivity contribution in [2.24, 2.45) is 28.2 Å². The van der Waals surface area contributed by atoms with Gasteiger partial charge in [-0.25, -0.2) is 14.4 Å². The molecule has 0 radical (unpaired) electrons. The maximum Gasteiger partial charge on any atom is 0.261 e. The van der Waals surface area contributed by atoms with Crippen LogP contribution in [-0.2, 0) is 13.0 Å². The Morgan fingerprint density at radius 2 is 2.02 bits per heavy atom. The first-order valence-electron chi connectivity index (χ1n) is 14.2. The summed E-state index contributed by atoms with van der Waals surface area (Å²) in [6.07, 6.45) is 3.97. The molecular formula is C31H38FN5O3. The van der Waals surface area contributed by atoms with E-state index in [4.69, 9.17) is 9.73 Å². The van der Waals surface area contributed by atoms with Crippen molar-refractivity contribution in [1.82, 2.24) is 19.8 Å². The van der Waals surface area contributed by atoms with Crippen molar-refractivity contribution in [1.29, 1.82) is 0 Å². The summed E-state index contributed by atoms with van der Waals surface area (Å²) in [5, 5.41) is 14.2. The highest BCUT2D eigenvalue weighted by molar-refractivity contribution is 5.86. The largest absolute Gasteiger partial charge is 0.497 e. The Kier molecular flexibility index (Phi) is 6.81. The summed E-state index contributed by atoms with van der Waals surface area (Å²) in [5.74, 6) is 2.85. The fourth-order valence-corrected chi connectivity index (χ4v) is 6.93. The van der Waals surface area contributed by atoms with Crippen molar-refractivity contribution in [2.75, 3.05) is 20.2 Å². The van der Waals surface area contributed by atoms with Crippen molar-refractivity contribution >= 4 is 22.5 Å². The van der Waals surface area contributed by atoms with E-state index in [1.165, 1.54) is 30.5 Å². The number of ether oxygens (including phenoxy) is 1. The smallest absolute Gasteiger partial charge is 0.261 e. The molecule has 9 heteroatoms. The maximum atomic E-state index is 14.4. The number of aromatic nitrogens is 2. The molecule has 0 unspecified atom stereocenters. The molecule has 3 aromatic rings. The second-order valence-electron chi connectivity index (χ2n) is 12.4. The van der Waals surface area contributed by atoms with Crippen LogP contribution in [0.5, 0.6) is 5.75 Å². The van der Waals surface area contributed by atoms with E-state index in [0.29, 0.717) is 77.3 Å². The molecule has 1 aliphatic heterocycles. The number of guanidine groups is 1. The maximum absolute atomic E-state index is 14.4.